The minimum atomic E-state index is -0.441. The van der Waals surface area contributed by atoms with Crippen LogP contribution in [-0.4, -0.2) is 17.4 Å². The molecule has 2 aromatic rings. The Labute approximate surface area is 121 Å². The molecule has 104 valence electrons. The third kappa shape index (κ3) is 2.14. The van der Waals surface area contributed by atoms with Crippen molar-refractivity contribution in [2.24, 2.45) is 0 Å². The second-order valence-corrected chi connectivity index (χ2v) is 6.21. The van der Waals surface area contributed by atoms with E-state index in [1.807, 2.05) is 13.8 Å². The van der Waals surface area contributed by atoms with Crippen molar-refractivity contribution in [1.82, 2.24) is 4.90 Å². The molecule has 1 aromatic carbocycles. The van der Waals surface area contributed by atoms with Gasteiger partial charge >= 0.3 is 0 Å². The molecule has 0 radical (unpaired) electrons. The van der Waals surface area contributed by atoms with Crippen LogP contribution in [0.25, 0.3) is 0 Å². The first-order chi connectivity index (χ1) is 9.58. The molecule has 1 aliphatic rings. The fourth-order valence-electron chi connectivity index (χ4n) is 2.74. The Bertz CT molecular complexity index is 664. The first-order valence-electron chi connectivity index (χ1n) is 6.71. The monoisotopic (exact) mass is 289 g/mol. The van der Waals surface area contributed by atoms with Crippen LogP contribution in [0.4, 0.5) is 4.39 Å². The molecule has 4 heteroatoms. The summed E-state index contributed by atoms with van der Waals surface area (Å²) < 4.78 is 13.9. The highest BCUT2D eigenvalue weighted by Crippen LogP contribution is 2.33. The van der Waals surface area contributed by atoms with Crippen LogP contribution in [0.5, 0.6) is 0 Å². The van der Waals surface area contributed by atoms with E-state index < -0.39 is 5.82 Å². The molecule has 1 unspecified atom stereocenters. The van der Waals surface area contributed by atoms with Gasteiger partial charge in [0.15, 0.2) is 0 Å². The van der Waals surface area contributed by atoms with E-state index in [1.54, 1.807) is 28.4 Å². The van der Waals surface area contributed by atoms with Gasteiger partial charge in [0.05, 0.1) is 11.6 Å². The summed E-state index contributed by atoms with van der Waals surface area (Å²) >= 11 is 1.73. The van der Waals surface area contributed by atoms with Crippen LogP contribution in [0.3, 0.4) is 0 Å². The van der Waals surface area contributed by atoms with Gasteiger partial charge in [-0.2, -0.15) is 0 Å². The number of hydrogen-bond acceptors (Lipinski definition) is 2. The third-order valence-corrected chi connectivity index (χ3v) is 4.89. The Morgan fingerprint density at radius 3 is 3.00 bits per heavy atom. The Hall–Kier alpha value is -1.68. The molecule has 0 saturated heterocycles. The van der Waals surface area contributed by atoms with Gasteiger partial charge in [-0.3, -0.25) is 4.79 Å². The second kappa shape index (κ2) is 5.02. The van der Waals surface area contributed by atoms with E-state index in [1.165, 1.54) is 16.5 Å². The number of thiophene rings is 1. The van der Waals surface area contributed by atoms with E-state index in [4.69, 9.17) is 0 Å². The molecule has 0 bridgehead atoms. The number of fused-ring (bicyclic) bond motifs is 1. The topological polar surface area (TPSA) is 20.3 Å². The number of halogens is 1. The van der Waals surface area contributed by atoms with Gasteiger partial charge in [0.25, 0.3) is 5.91 Å². The number of rotatable bonds is 1. The first kappa shape index (κ1) is 13.3. The molecular weight excluding hydrogens is 273 g/mol. The Balaban J connectivity index is 1.94. The van der Waals surface area contributed by atoms with Crippen molar-refractivity contribution in [2.75, 3.05) is 6.54 Å². The number of amides is 1. The Morgan fingerprint density at radius 2 is 2.20 bits per heavy atom. The number of carbonyl (C=O) groups excluding carboxylic acids is 1. The molecule has 1 aliphatic heterocycles. The van der Waals surface area contributed by atoms with Crippen molar-refractivity contribution in [3.05, 3.63) is 57.0 Å². The van der Waals surface area contributed by atoms with Crippen molar-refractivity contribution in [2.45, 2.75) is 26.3 Å². The van der Waals surface area contributed by atoms with E-state index >= 15 is 0 Å². The van der Waals surface area contributed by atoms with Gasteiger partial charge in [-0.25, -0.2) is 4.39 Å². The summed E-state index contributed by atoms with van der Waals surface area (Å²) in [6, 6.07) is 6.76. The highest BCUT2D eigenvalue weighted by molar-refractivity contribution is 7.10. The van der Waals surface area contributed by atoms with Gasteiger partial charge < -0.3 is 4.90 Å². The second-order valence-electron chi connectivity index (χ2n) is 5.21. The minimum absolute atomic E-state index is 0.0115. The van der Waals surface area contributed by atoms with Gasteiger partial charge in [0.2, 0.25) is 0 Å². The molecule has 0 N–H and O–H groups in total. The third-order valence-electron chi connectivity index (χ3n) is 3.89. The van der Waals surface area contributed by atoms with Crippen LogP contribution >= 0.6 is 11.3 Å². The molecular formula is C16H16FNOS. The molecule has 20 heavy (non-hydrogen) atoms. The van der Waals surface area contributed by atoms with E-state index in [0.717, 1.165) is 12.0 Å². The summed E-state index contributed by atoms with van der Waals surface area (Å²) in [5.74, 6) is -0.653. The lowest BCUT2D eigenvalue weighted by Gasteiger charge is -2.33. The summed E-state index contributed by atoms with van der Waals surface area (Å²) in [5.41, 5.74) is 2.27. The van der Waals surface area contributed by atoms with Gasteiger partial charge in [-0.1, -0.05) is 11.6 Å². The van der Waals surface area contributed by atoms with Crippen molar-refractivity contribution in [3.8, 4) is 0 Å². The van der Waals surface area contributed by atoms with Crippen LogP contribution in [0.2, 0.25) is 0 Å². The smallest absolute Gasteiger partial charge is 0.257 e. The maximum Gasteiger partial charge on any atom is 0.257 e. The van der Waals surface area contributed by atoms with Gasteiger partial charge in [0.1, 0.15) is 5.82 Å². The fraction of sp³-hybridized carbons (Fsp3) is 0.312. The molecule has 1 amide bonds. The summed E-state index contributed by atoms with van der Waals surface area (Å²) in [5, 5.41) is 2.06. The molecule has 1 atom stereocenters. The van der Waals surface area contributed by atoms with Gasteiger partial charge in [-0.15, -0.1) is 11.3 Å². The molecule has 2 nitrogen and oxygen atoms in total. The zero-order chi connectivity index (χ0) is 14.3. The number of nitrogens with zero attached hydrogens (tertiary/aromatic N) is 1. The van der Waals surface area contributed by atoms with Crippen molar-refractivity contribution in [1.29, 1.82) is 0 Å². The zero-order valence-electron chi connectivity index (χ0n) is 11.5. The van der Waals surface area contributed by atoms with Gasteiger partial charge in [0, 0.05) is 11.4 Å². The van der Waals surface area contributed by atoms with E-state index in [9.17, 15) is 9.18 Å². The maximum absolute atomic E-state index is 13.9. The highest BCUT2D eigenvalue weighted by Gasteiger charge is 2.30. The largest absolute Gasteiger partial charge is 0.331 e. The summed E-state index contributed by atoms with van der Waals surface area (Å²) in [7, 11) is 0. The van der Waals surface area contributed by atoms with Crippen molar-refractivity contribution < 1.29 is 9.18 Å². The number of hydrogen-bond donors (Lipinski definition) is 0. The van der Waals surface area contributed by atoms with Crippen LogP contribution in [0.15, 0.2) is 29.6 Å². The quantitative estimate of drug-likeness (QED) is 0.778. The maximum atomic E-state index is 13.9. The van der Waals surface area contributed by atoms with E-state index in [0.29, 0.717) is 6.54 Å². The van der Waals surface area contributed by atoms with Crippen molar-refractivity contribution >= 4 is 17.2 Å². The number of aryl methyl sites for hydroxylation is 1. The molecule has 3 rings (SSSR count). The molecule has 0 fully saturated rings. The van der Waals surface area contributed by atoms with Gasteiger partial charge in [-0.05, 0) is 49.4 Å². The van der Waals surface area contributed by atoms with Crippen LogP contribution in [-0.2, 0) is 6.42 Å². The van der Waals surface area contributed by atoms with E-state index in [2.05, 4.69) is 11.4 Å². The zero-order valence-corrected chi connectivity index (χ0v) is 12.3. The average molecular weight is 289 g/mol. The predicted octanol–water partition coefficient (Wildman–Crippen LogP) is 3.96. The lowest BCUT2D eigenvalue weighted by atomic mass is 10.00. The number of benzene rings is 1. The van der Waals surface area contributed by atoms with E-state index in [-0.39, 0.29) is 17.5 Å². The molecule has 1 aromatic heterocycles. The van der Waals surface area contributed by atoms with Crippen molar-refractivity contribution in [3.63, 3.8) is 0 Å². The molecule has 0 spiro atoms. The standard InChI is InChI=1S/C16H16FNOS/c1-10-3-4-14(17)13(9-10)16(19)18-7-5-15-12(11(18)2)6-8-20-15/h3-4,6,8-9,11H,5,7H2,1-2H3. The lowest BCUT2D eigenvalue weighted by molar-refractivity contribution is 0.0674. The SMILES string of the molecule is Cc1ccc(F)c(C(=O)N2CCc3sccc3C2C)c1. The first-order valence-corrected chi connectivity index (χ1v) is 7.59. The van der Waals surface area contributed by atoms with Crippen LogP contribution < -0.4 is 0 Å². The normalized spacial score (nSPS) is 17.9. The average Bonchev–Trinajstić information content (AvgIpc) is 2.90. The van der Waals surface area contributed by atoms with Crippen LogP contribution in [0, 0.1) is 12.7 Å². The Morgan fingerprint density at radius 1 is 1.40 bits per heavy atom. The minimum Gasteiger partial charge on any atom is -0.331 e. The highest BCUT2D eigenvalue weighted by atomic mass is 32.1. The molecule has 0 saturated carbocycles. The predicted molar refractivity (Wildman–Crippen MR) is 78.6 cm³/mol. The molecule has 0 aliphatic carbocycles. The molecule has 2 heterocycles. The Kier molecular flexibility index (Phi) is 3.34. The van der Waals surface area contributed by atoms with Crippen LogP contribution in [0.1, 0.15) is 39.3 Å². The lowest BCUT2D eigenvalue weighted by Crippen LogP contribution is -2.38. The summed E-state index contributed by atoms with van der Waals surface area (Å²) in [4.78, 5) is 15.7. The fourth-order valence-corrected chi connectivity index (χ4v) is 3.71. The summed E-state index contributed by atoms with van der Waals surface area (Å²) in [6.45, 7) is 4.53. The summed E-state index contributed by atoms with van der Waals surface area (Å²) in [6.07, 6.45) is 0.858. The number of carbonyl (C=O) groups is 1.